The van der Waals surface area contributed by atoms with E-state index in [1.165, 1.54) is 0 Å². The molecular formula is C8H15NO2. The Hall–Kier alpha value is -0.830. The molecule has 0 aliphatic carbocycles. The number of esters is 1. The number of ether oxygens (including phenoxy) is 1. The summed E-state index contributed by atoms with van der Waals surface area (Å²) < 4.78 is 4.50. The van der Waals surface area contributed by atoms with Crippen LogP contribution in [0.4, 0.5) is 0 Å². The summed E-state index contributed by atoms with van der Waals surface area (Å²) in [4.78, 5) is 10.9. The van der Waals surface area contributed by atoms with Gasteiger partial charge < -0.3 is 10.5 Å². The van der Waals surface area contributed by atoms with E-state index < -0.39 is 12.0 Å². The van der Waals surface area contributed by atoms with Crippen LogP contribution in [-0.2, 0) is 9.53 Å². The van der Waals surface area contributed by atoms with Crippen molar-refractivity contribution in [1.29, 1.82) is 0 Å². The molecule has 0 aliphatic rings. The van der Waals surface area contributed by atoms with E-state index in [-0.39, 0.29) is 0 Å². The molecule has 0 aliphatic heterocycles. The predicted molar refractivity (Wildman–Crippen MR) is 43.7 cm³/mol. The summed E-state index contributed by atoms with van der Waals surface area (Å²) in [5.74, 6) is -0.00364. The maximum absolute atomic E-state index is 10.9. The van der Waals surface area contributed by atoms with E-state index in [9.17, 15) is 4.79 Å². The van der Waals surface area contributed by atoms with Crippen molar-refractivity contribution in [2.45, 2.75) is 26.3 Å². The maximum atomic E-state index is 10.9. The fourth-order valence-corrected chi connectivity index (χ4v) is 0.774. The molecule has 0 radical (unpaired) electrons. The molecule has 0 rings (SSSR count). The molecule has 0 aromatic carbocycles. The quantitative estimate of drug-likeness (QED) is 0.490. The Balaban J connectivity index is 3.72. The molecule has 3 nitrogen and oxygen atoms in total. The molecule has 0 bridgehead atoms. The molecule has 0 heterocycles. The molecule has 0 saturated heterocycles. The number of nitrogens with two attached hydrogens (primary N) is 1. The van der Waals surface area contributed by atoms with E-state index in [1.54, 1.807) is 0 Å². The van der Waals surface area contributed by atoms with Crippen LogP contribution in [0.1, 0.15) is 20.3 Å². The normalized spacial score (nSPS) is 12.7. The fraction of sp³-hybridized carbons (Fsp3) is 0.625. The zero-order valence-electron chi connectivity index (χ0n) is 7.04. The Bertz CT molecular complexity index is 143. The minimum absolute atomic E-state index is 0.405. The van der Waals surface area contributed by atoms with Crippen LogP contribution in [0.5, 0.6) is 0 Å². The lowest BCUT2D eigenvalue weighted by molar-refractivity contribution is -0.139. The van der Waals surface area contributed by atoms with Crippen molar-refractivity contribution < 1.29 is 9.53 Å². The van der Waals surface area contributed by atoms with E-state index >= 15 is 0 Å². The van der Waals surface area contributed by atoms with E-state index in [2.05, 4.69) is 11.3 Å². The zero-order valence-corrected chi connectivity index (χ0v) is 7.04. The van der Waals surface area contributed by atoms with Gasteiger partial charge in [-0.1, -0.05) is 20.4 Å². The standard InChI is InChI=1S/C8H15NO2/c1-4-11-8(10)7(9)5-6(2)3/h4,6-7H,1,5,9H2,2-3H3/t7-/m0/s1. The topological polar surface area (TPSA) is 52.3 Å². The molecule has 0 unspecified atom stereocenters. The van der Waals surface area contributed by atoms with Gasteiger partial charge in [-0.25, -0.2) is 4.79 Å². The average Bonchev–Trinajstić information content (AvgIpc) is 1.86. The van der Waals surface area contributed by atoms with Crippen LogP contribution < -0.4 is 5.73 Å². The molecule has 1 atom stereocenters. The smallest absolute Gasteiger partial charge is 0.327 e. The third kappa shape index (κ3) is 4.56. The van der Waals surface area contributed by atoms with Crippen molar-refractivity contribution in [2.24, 2.45) is 11.7 Å². The van der Waals surface area contributed by atoms with Gasteiger partial charge >= 0.3 is 5.97 Å². The van der Waals surface area contributed by atoms with E-state index in [0.717, 1.165) is 6.26 Å². The minimum Gasteiger partial charge on any atom is -0.434 e. The Morgan fingerprint density at radius 2 is 2.27 bits per heavy atom. The molecule has 64 valence electrons. The first-order valence-corrected chi connectivity index (χ1v) is 3.65. The van der Waals surface area contributed by atoms with Crippen LogP contribution in [0, 0.1) is 5.92 Å². The first kappa shape index (κ1) is 10.2. The lowest BCUT2D eigenvalue weighted by Crippen LogP contribution is -2.32. The lowest BCUT2D eigenvalue weighted by Gasteiger charge is -2.10. The highest BCUT2D eigenvalue weighted by Crippen LogP contribution is 2.03. The Morgan fingerprint density at radius 3 is 2.64 bits per heavy atom. The molecule has 0 fully saturated rings. The highest BCUT2D eigenvalue weighted by Gasteiger charge is 2.14. The third-order valence-electron chi connectivity index (χ3n) is 1.23. The predicted octanol–water partition coefficient (Wildman–Crippen LogP) is 1.05. The van der Waals surface area contributed by atoms with Gasteiger partial charge in [-0.05, 0) is 12.3 Å². The first-order valence-electron chi connectivity index (χ1n) is 3.65. The largest absolute Gasteiger partial charge is 0.434 e. The Kier molecular flexibility index (Phi) is 4.54. The van der Waals surface area contributed by atoms with Crippen molar-refractivity contribution in [1.82, 2.24) is 0 Å². The minimum atomic E-state index is -0.520. The van der Waals surface area contributed by atoms with Gasteiger partial charge in [0.25, 0.3) is 0 Å². The van der Waals surface area contributed by atoms with Crippen molar-refractivity contribution in [3.05, 3.63) is 12.8 Å². The van der Waals surface area contributed by atoms with Gasteiger partial charge in [0, 0.05) is 0 Å². The van der Waals surface area contributed by atoms with Gasteiger partial charge in [0.05, 0.1) is 6.26 Å². The number of carbonyl (C=O) groups excluding carboxylic acids is 1. The highest BCUT2D eigenvalue weighted by atomic mass is 16.5. The molecule has 3 heteroatoms. The molecule has 0 amide bonds. The van der Waals surface area contributed by atoms with Crippen LogP contribution in [0.25, 0.3) is 0 Å². The summed E-state index contributed by atoms with van der Waals surface area (Å²) in [6.07, 6.45) is 1.75. The number of hydrogen-bond donors (Lipinski definition) is 1. The van der Waals surface area contributed by atoms with Crippen molar-refractivity contribution in [3.8, 4) is 0 Å². The second-order valence-electron chi connectivity index (χ2n) is 2.84. The Labute approximate surface area is 67.2 Å². The summed E-state index contributed by atoms with van der Waals surface area (Å²) in [6.45, 7) is 7.27. The molecule has 2 N–H and O–H groups in total. The van der Waals surface area contributed by atoms with Crippen LogP contribution in [0.15, 0.2) is 12.8 Å². The van der Waals surface area contributed by atoms with Gasteiger partial charge in [-0.3, -0.25) is 0 Å². The lowest BCUT2D eigenvalue weighted by atomic mass is 10.1. The first-order chi connectivity index (χ1) is 5.07. The molecule has 0 aromatic rings. The van der Waals surface area contributed by atoms with Crippen molar-refractivity contribution in [2.75, 3.05) is 0 Å². The van der Waals surface area contributed by atoms with Crippen LogP contribution in [-0.4, -0.2) is 12.0 Å². The summed E-state index contributed by atoms with van der Waals surface area (Å²) in [6, 6.07) is -0.520. The molecule has 0 spiro atoms. The van der Waals surface area contributed by atoms with Gasteiger partial charge in [0.15, 0.2) is 0 Å². The summed E-state index contributed by atoms with van der Waals surface area (Å²) in [5.41, 5.74) is 5.48. The number of carbonyl (C=O) groups is 1. The monoisotopic (exact) mass is 157 g/mol. The van der Waals surface area contributed by atoms with Crippen LogP contribution >= 0.6 is 0 Å². The summed E-state index contributed by atoms with van der Waals surface area (Å²) in [7, 11) is 0. The van der Waals surface area contributed by atoms with Gasteiger partial charge in [-0.2, -0.15) is 0 Å². The second kappa shape index (κ2) is 4.91. The van der Waals surface area contributed by atoms with Crippen molar-refractivity contribution >= 4 is 5.97 Å². The zero-order chi connectivity index (χ0) is 8.85. The van der Waals surface area contributed by atoms with E-state index in [0.29, 0.717) is 12.3 Å². The fourth-order valence-electron chi connectivity index (χ4n) is 0.774. The molecule has 11 heavy (non-hydrogen) atoms. The molecule has 0 saturated carbocycles. The summed E-state index contributed by atoms with van der Waals surface area (Å²) >= 11 is 0. The SMILES string of the molecule is C=COC(=O)[C@@H](N)CC(C)C. The van der Waals surface area contributed by atoms with Gasteiger partial charge in [-0.15, -0.1) is 0 Å². The van der Waals surface area contributed by atoms with Crippen LogP contribution in [0.3, 0.4) is 0 Å². The van der Waals surface area contributed by atoms with E-state index in [4.69, 9.17) is 5.73 Å². The number of rotatable bonds is 4. The van der Waals surface area contributed by atoms with Gasteiger partial charge in [0.2, 0.25) is 0 Å². The van der Waals surface area contributed by atoms with Crippen molar-refractivity contribution in [3.63, 3.8) is 0 Å². The van der Waals surface area contributed by atoms with Crippen LogP contribution in [0.2, 0.25) is 0 Å². The number of hydrogen-bond acceptors (Lipinski definition) is 3. The van der Waals surface area contributed by atoms with E-state index in [1.807, 2.05) is 13.8 Å². The molecule has 0 aromatic heterocycles. The third-order valence-corrected chi connectivity index (χ3v) is 1.23. The maximum Gasteiger partial charge on any atom is 0.327 e. The second-order valence-corrected chi connectivity index (χ2v) is 2.84. The average molecular weight is 157 g/mol. The van der Waals surface area contributed by atoms with Gasteiger partial charge in [0.1, 0.15) is 6.04 Å². The Morgan fingerprint density at radius 1 is 1.73 bits per heavy atom. The highest BCUT2D eigenvalue weighted by molar-refractivity contribution is 5.75. The molecular weight excluding hydrogens is 142 g/mol. The summed E-state index contributed by atoms with van der Waals surface area (Å²) in [5, 5.41) is 0.